The van der Waals surface area contributed by atoms with Crippen molar-refractivity contribution < 1.29 is 13.2 Å². The van der Waals surface area contributed by atoms with Crippen molar-refractivity contribution in [2.45, 2.75) is 58.0 Å². The van der Waals surface area contributed by atoms with Crippen molar-refractivity contribution in [3.8, 4) is 17.1 Å². The topological polar surface area (TPSA) is 144 Å². The van der Waals surface area contributed by atoms with Crippen molar-refractivity contribution in [3.63, 3.8) is 0 Å². The Balaban J connectivity index is 1.57. The predicted octanol–water partition coefficient (Wildman–Crippen LogP) is 2.15. The van der Waals surface area contributed by atoms with Gasteiger partial charge in [0.2, 0.25) is 10.0 Å². The molecule has 1 fully saturated rings. The molecule has 0 spiro atoms. The van der Waals surface area contributed by atoms with E-state index >= 15 is 0 Å². The molecule has 0 aliphatic carbocycles. The van der Waals surface area contributed by atoms with Crippen molar-refractivity contribution >= 4 is 21.1 Å². The zero-order valence-corrected chi connectivity index (χ0v) is 24.6. The van der Waals surface area contributed by atoms with E-state index in [1.165, 1.54) is 4.31 Å². The molecule has 5 rings (SSSR count). The van der Waals surface area contributed by atoms with Crippen LogP contribution in [0.3, 0.4) is 0 Å². The van der Waals surface area contributed by atoms with Gasteiger partial charge < -0.3 is 14.6 Å². The van der Waals surface area contributed by atoms with Crippen molar-refractivity contribution in [2.24, 2.45) is 0 Å². The minimum atomic E-state index is -3.75. The number of benzene rings is 1. The number of rotatable bonds is 12. The molecule has 14 heteroatoms. The molecule has 0 unspecified atom stereocenters. The fraction of sp³-hybridized carbons (Fsp3) is 0.519. The molecule has 0 saturated carbocycles. The third-order valence-corrected chi connectivity index (χ3v) is 9.18. The number of fused-ring (bicyclic) bond motifs is 1. The van der Waals surface area contributed by atoms with E-state index in [9.17, 15) is 13.2 Å². The molecular formula is C27H37N9O4S. The number of piperazine rings is 1. The van der Waals surface area contributed by atoms with Crippen LogP contribution < -0.4 is 10.3 Å². The van der Waals surface area contributed by atoms with Crippen LogP contribution in [0, 0.1) is 0 Å². The number of nitrogens with one attached hydrogen (secondary N) is 1. The first-order chi connectivity index (χ1) is 19.8. The van der Waals surface area contributed by atoms with Crippen LogP contribution in [0.25, 0.3) is 22.4 Å². The number of likely N-dealkylation sites (N-methyl/N-ethyl adjacent to an activating group) is 1. The summed E-state index contributed by atoms with van der Waals surface area (Å²) in [6, 6.07) is 4.78. The van der Waals surface area contributed by atoms with Crippen LogP contribution in [0.5, 0.6) is 5.75 Å². The molecule has 0 radical (unpaired) electrons. The average Bonchev–Trinajstić information content (AvgIpc) is 3.63. The minimum Gasteiger partial charge on any atom is -0.493 e. The van der Waals surface area contributed by atoms with E-state index in [0.717, 1.165) is 25.1 Å². The Morgan fingerprint density at radius 2 is 1.83 bits per heavy atom. The summed E-state index contributed by atoms with van der Waals surface area (Å²) in [4.78, 5) is 23.4. The first-order valence-electron chi connectivity index (χ1n) is 14.2. The van der Waals surface area contributed by atoms with Crippen molar-refractivity contribution in [2.75, 3.05) is 39.3 Å². The van der Waals surface area contributed by atoms with Gasteiger partial charge in [0.25, 0.3) is 5.56 Å². The zero-order chi connectivity index (χ0) is 29.0. The monoisotopic (exact) mass is 583 g/mol. The lowest BCUT2D eigenvalue weighted by Gasteiger charge is -2.33. The summed E-state index contributed by atoms with van der Waals surface area (Å²) in [5, 5.41) is 12.4. The van der Waals surface area contributed by atoms with E-state index in [1.54, 1.807) is 40.0 Å². The van der Waals surface area contributed by atoms with Gasteiger partial charge in [0.1, 0.15) is 17.1 Å². The van der Waals surface area contributed by atoms with E-state index in [2.05, 4.69) is 39.1 Å². The molecule has 13 nitrogen and oxygen atoms in total. The number of aromatic nitrogens is 7. The van der Waals surface area contributed by atoms with E-state index in [1.807, 2.05) is 6.92 Å². The second kappa shape index (κ2) is 12.5. The molecule has 4 aromatic rings. The second-order valence-electron chi connectivity index (χ2n) is 10.0. The van der Waals surface area contributed by atoms with Gasteiger partial charge in [-0.25, -0.2) is 13.4 Å². The number of aryl methyl sites for hydroxylation is 3. The second-order valence-corrected chi connectivity index (χ2v) is 12.0. The quantitative estimate of drug-likeness (QED) is 0.265. The third-order valence-electron chi connectivity index (χ3n) is 7.28. The number of aromatic amines is 1. The summed E-state index contributed by atoms with van der Waals surface area (Å²) >= 11 is 0. The Hall–Kier alpha value is -3.62. The summed E-state index contributed by atoms with van der Waals surface area (Å²) in [5.74, 6) is 0.703. The molecule has 4 heterocycles. The molecule has 1 N–H and O–H groups in total. The maximum Gasteiger partial charge on any atom is 0.279 e. The van der Waals surface area contributed by atoms with Crippen molar-refractivity contribution in [1.82, 2.24) is 43.9 Å². The number of sulfonamides is 1. The van der Waals surface area contributed by atoms with E-state index in [4.69, 9.17) is 9.72 Å². The number of hydrogen-bond donors (Lipinski definition) is 1. The van der Waals surface area contributed by atoms with Gasteiger partial charge in [0.15, 0.2) is 5.52 Å². The highest BCUT2D eigenvalue weighted by atomic mass is 32.2. The van der Waals surface area contributed by atoms with Crippen LogP contribution in [0.2, 0.25) is 0 Å². The van der Waals surface area contributed by atoms with Gasteiger partial charge in [-0.15, -0.1) is 5.10 Å². The van der Waals surface area contributed by atoms with Crippen LogP contribution in [0.15, 0.2) is 40.3 Å². The molecule has 1 aliphatic heterocycles. The molecule has 41 heavy (non-hydrogen) atoms. The maximum absolute atomic E-state index is 13.6. The molecule has 220 valence electrons. The number of H-pyrrole nitrogens is 1. The number of ether oxygens (including phenoxy) is 1. The first kappa shape index (κ1) is 28.9. The summed E-state index contributed by atoms with van der Waals surface area (Å²) in [7, 11) is -3.75. The van der Waals surface area contributed by atoms with Crippen molar-refractivity contribution in [3.05, 3.63) is 46.6 Å². The van der Waals surface area contributed by atoms with Gasteiger partial charge in [-0.3, -0.25) is 14.2 Å². The zero-order valence-electron chi connectivity index (χ0n) is 23.8. The number of hydrogen-bond acceptors (Lipinski definition) is 9. The molecule has 1 aromatic carbocycles. The highest BCUT2D eigenvalue weighted by Crippen LogP contribution is 2.32. The van der Waals surface area contributed by atoms with E-state index in [-0.39, 0.29) is 16.2 Å². The van der Waals surface area contributed by atoms with E-state index in [0.29, 0.717) is 69.1 Å². The normalized spacial score (nSPS) is 15.1. The number of nitrogens with zero attached hydrogens (tertiary/aromatic N) is 8. The lowest BCUT2D eigenvalue weighted by molar-refractivity contribution is 0.196. The van der Waals surface area contributed by atoms with Gasteiger partial charge in [0, 0.05) is 32.4 Å². The highest BCUT2D eigenvalue weighted by molar-refractivity contribution is 7.89. The summed E-state index contributed by atoms with van der Waals surface area (Å²) in [5.41, 5.74) is 1.60. The lowest BCUT2D eigenvalue weighted by Crippen LogP contribution is -2.48. The Morgan fingerprint density at radius 1 is 1.02 bits per heavy atom. The third kappa shape index (κ3) is 6.04. The molecule has 0 atom stereocenters. The van der Waals surface area contributed by atoms with Gasteiger partial charge in [-0.05, 0) is 37.6 Å². The van der Waals surface area contributed by atoms with Gasteiger partial charge >= 0.3 is 0 Å². The summed E-state index contributed by atoms with van der Waals surface area (Å²) in [6.07, 6.45) is 5.65. The predicted molar refractivity (Wildman–Crippen MR) is 154 cm³/mol. The van der Waals surface area contributed by atoms with Crippen LogP contribution in [-0.4, -0.2) is 91.7 Å². The standard InChI is InChI=1S/C27H37N9O4S/c1-4-7-22-24-25(31-36(22)17-14-34-11-10-28-32-34)27(37)30-26(29-24)21-19-20(8-9-23(21)40-18-5-2)41(38,39)35-15-12-33(6-3)13-16-35/h8-11,19H,4-7,12-18H2,1-3H3,(H,29,30,37). The summed E-state index contributed by atoms with van der Waals surface area (Å²) in [6.45, 7) is 10.7. The fourth-order valence-corrected chi connectivity index (χ4v) is 6.49. The van der Waals surface area contributed by atoms with Crippen molar-refractivity contribution in [1.29, 1.82) is 0 Å². The smallest absolute Gasteiger partial charge is 0.279 e. The maximum atomic E-state index is 13.6. The molecule has 0 bridgehead atoms. The minimum absolute atomic E-state index is 0.140. The molecule has 3 aromatic heterocycles. The van der Waals surface area contributed by atoms with Gasteiger partial charge in [-0.2, -0.15) is 9.40 Å². The van der Waals surface area contributed by atoms with Gasteiger partial charge in [0.05, 0.1) is 42.0 Å². The van der Waals surface area contributed by atoms with Crippen LogP contribution in [0.1, 0.15) is 39.3 Å². The Morgan fingerprint density at radius 3 is 2.51 bits per heavy atom. The fourth-order valence-electron chi connectivity index (χ4n) is 5.04. The largest absolute Gasteiger partial charge is 0.493 e. The van der Waals surface area contributed by atoms with Gasteiger partial charge in [-0.1, -0.05) is 32.4 Å². The van der Waals surface area contributed by atoms with Crippen LogP contribution in [-0.2, 0) is 29.5 Å². The Kier molecular flexibility index (Phi) is 8.80. The Labute approximate surface area is 239 Å². The van der Waals surface area contributed by atoms with E-state index < -0.39 is 15.6 Å². The van der Waals surface area contributed by atoms with Crippen LogP contribution >= 0.6 is 0 Å². The molecule has 0 amide bonds. The molecular weight excluding hydrogens is 546 g/mol. The SMILES string of the molecule is CCCOc1ccc(S(=O)(=O)N2CCN(CC)CC2)cc1-c1nc2c(CCC)n(CCn3ccnn3)nc2c(=O)[nH]1. The lowest BCUT2D eigenvalue weighted by atomic mass is 10.1. The Bertz CT molecular complexity index is 1640. The van der Waals surface area contributed by atoms with Crippen LogP contribution in [0.4, 0.5) is 0 Å². The first-order valence-corrected chi connectivity index (χ1v) is 15.6. The highest BCUT2D eigenvalue weighted by Gasteiger charge is 2.29. The molecule has 1 saturated heterocycles. The summed E-state index contributed by atoms with van der Waals surface area (Å²) < 4.78 is 38.3. The average molecular weight is 584 g/mol. The molecule has 1 aliphatic rings.